The molecule has 5 N–H and O–H groups in total. The molecule has 1 fully saturated rings. The minimum Gasteiger partial charge on any atom is -0.395 e. The number of hydrogen-bond acceptors (Lipinski definition) is 6. The Balaban J connectivity index is 2.31. The summed E-state index contributed by atoms with van der Waals surface area (Å²) in [6.45, 7) is 4.36. The molecule has 6 heteroatoms. The third kappa shape index (κ3) is 5.74. The Morgan fingerprint density at radius 2 is 1.44 bits per heavy atom. The van der Waals surface area contributed by atoms with Crippen LogP contribution in [0.15, 0.2) is 0 Å². The lowest BCUT2D eigenvalue weighted by Gasteiger charge is -2.22. The van der Waals surface area contributed by atoms with Crippen molar-refractivity contribution in [3.63, 3.8) is 0 Å². The van der Waals surface area contributed by atoms with E-state index in [0.29, 0.717) is 26.3 Å². The van der Waals surface area contributed by atoms with E-state index in [0.717, 1.165) is 13.1 Å². The second-order valence-electron chi connectivity index (χ2n) is 3.94. The van der Waals surface area contributed by atoms with E-state index >= 15 is 0 Å². The average molecular weight is 233 g/mol. The number of rotatable bonds is 2. The van der Waals surface area contributed by atoms with Gasteiger partial charge in [0, 0.05) is 38.3 Å². The van der Waals surface area contributed by atoms with Crippen LogP contribution < -0.4 is 16.0 Å². The third-order valence-electron chi connectivity index (χ3n) is 2.58. The Bertz CT molecular complexity index is 155. The monoisotopic (exact) mass is 233 g/mol. The number of aliphatic hydroxyl groups is 2. The molecule has 0 spiro atoms. The van der Waals surface area contributed by atoms with Crippen LogP contribution in [0.25, 0.3) is 0 Å². The fraction of sp³-hybridized carbons (Fsp3) is 1.00. The van der Waals surface area contributed by atoms with Crippen LogP contribution in [0.4, 0.5) is 0 Å². The first-order valence-electron chi connectivity index (χ1n) is 5.83. The van der Waals surface area contributed by atoms with Crippen LogP contribution in [-0.4, -0.2) is 74.9 Å². The topological polar surface area (TPSA) is 85.8 Å². The Kier molecular flexibility index (Phi) is 7.65. The van der Waals surface area contributed by atoms with Gasteiger partial charge in [0.15, 0.2) is 0 Å². The highest BCUT2D eigenvalue weighted by atomic mass is 16.5. The maximum absolute atomic E-state index is 9.11. The molecule has 0 aromatic carbocycles. The second kappa shape index (κ2) is 8.86. The normalized spacial score (nSPS) is 30.4. The van der Waals surface area contributed by atoms with Crippen LogP contribution in [0.1, 0.15) is 0 Å². The Hall–Kier alpha value is -0.240. The lowest BCUT2D eigenvalue weighted by Crippen LogP contribution is -2.49. The first-order valence-corrected chi connectivity index (χ1v) is 5.83. The van der Waals surface area contributed by atoms with Crippen LogP contribution in [-0.2, 0) is 4.74 Å². The van der Waals surface area contributed by atoms with Gasteiger partial charge in [-0.2, -0.15) is 0 Å². The van der Waals surface area contributed by atoms with E-state index < -0.39 is 0 Å². The minimum atomic E-state index is 0.0439. The summed E-state index contributed by atoms with van der Waals surface area (Å²) in [5.74, 6) is 0. The molecule has 0 saturated carbocycles. The summed E-state index contributed by atoms with van der Waals surface area (Å²) in [6.07, 6.45) is 0. The molecular weight excluding hydrogens is 210 g/mol. The van der Waals surface area contributed by atoms with Gasteiger partial charge in [0.1, 0.15) is 0 Å². The Morgan fingerprint density at radius 1 is 0.938 bits per heavy atom. The Labute approximate surface area is 96.4 Å². The second-order valence-corrected chi connectivity index (χ2v) is 3.94. The number of ether oxygens (including phenoxy) is 1. The van der Waals surface area contributed by atoms with E-state index in [1.54, 1.807) is 0 Å². The molecule has 1 rings (SSSR count). The van der Waals surface area contributed by atoms with Gasteiger partial charge >= 0.3 is 0 Å². The average Bonchev–Trinajstić information content (AvgIpc) is 2.30. The molecule has 2 unspecified atom stereocenters. The van der Waals surface area contributed by atoms with Gasteiger partial charge in [-0.05, 0) is 0 Å². The molecule has 1 aliphatic rings. The van der Waals surface area contributed by atoms with Crippen molar-refractivity contribution in [1.82, 2.24) is 16.0 Å². The fourth-order valence-electron chi connectivity index (χ4n) is 1.61. The largest absolute Gasteiger partial charge is 0.395 e. The molecule has 0 aromatic heterocycles. The maximum Gasteiger partial charge on any atom is 0.0597 e. The molecule has 1 aliphatic heterocycles. The fourth-order valence-corrected chi connectivity index (χ4v) is 1.61. The molecule has 16 heavy (non-hydrogen) atoms. The molecule has 0 aliphatic carbocycles. The molecule has 1 heterocycles. The van der Waals surface area contributed by atoms with Gasteiger partial charge in [0.2, 0.25) is 0 Å². The van der Waals surface area contributed by atoms with Crippen molar-refractivity contribution in [2.45, 2.75) is 12.1 Å². The van der Waals surface area contributed by atoms with Gasteiger partial charge in [-0.15, -0.1) is 0 Å². The number of hydrogen-bond donors (Lipinski definition) is 5. The van der Waals surface area contributed by atoms with Gasteiger partial charge in [-0.3, -0.25) is 0 Å². The van der Waals surface area contributed by atoms with Crippen LogP contribution in [0.3, 0.4) is 0 Å². The zero-order chi connectivity index (χ0) is 11.6. The standard InChI is InChI=1S/C10H23N3O3/c14-7-9-5-11-6-10(8-15)13-2-4-16-3-1-12-9/h9-15H,1-8H2. The first-order chi connectivity index (χ1) is 7.86. The van der Waals surface area contributed by atoms with Gasteiger partial charge in [-0.25, -0.2) is 0 Å². The third-order valence-corrected chi connectivity index (χ3v) is 2.58. The predicted octanol–water partition coefficient (Wildman–Crippen LogP) is -2.49. The molecule has 0 radical (unpaired) electrons. The first kappa shape index (κ1) is 13.8. The minimum absolute atomic E-state index is 0.0439. The van der Waals surface area contributed by atoms with Gasteiger partial charge in [0.05, 0.1) is 26.4 Å². The van der Waals surface area contributed by atoms with Crippen molar-refractivity contribution in [2.75, 3.05) is 52.6 Å². The zero-order valence-electron chi connectivity index (χ0n) is 9.61. The molecule has 1 saturated heterocycles. The van der Waals surface area contributed by atoms with Crippen molar-refractivity contribution in [3.05, 3.63) is 0 Å². The van der Waals surface area contributed by atoms with Crippen molar-refractivity contribution in [2.24, 2.45) is 0 Å². The number of aliphatic hydroxyl groups excluding tert-OH is 2. The highest BCUT2D eigenvalue weighted by Crippen LogP contribution is 1.86. The van der Waals surface area contributed by atoms with Gasteiger partial charge in [-0.1, -0.05) is 0 Å². The van der Waals surface area contributed by atoms with Crippen LogP contribution in [0, 0.1) is 0 Å². The van der Waals surface area contributed by atoms with E-state index in [2.05, 4.69) is 16.0 Å². The lowest BCUT2D eigenvalue weighted by molar-refractivity contribution is 0.122. The highest BCUT2D eigenvalue weighted by Gasteiger charge is 2.10. The highest BCUT2D eigenvalue weighted by molar-refractivity contribution is 4.73. The molecule has 2 atom stereocenters. The van der Waals surface area contributed by atoms with Gasteiger partial charge in [0.25, 0.3) is 0 Å². The summed E-state index contributed by atoms with van der Waals surface area (Å²) in [5, 5.41) is 27.8. The summed E-state index contributed by atoms with van der Waals surface area (Å²) in [4.78, 5) is 0. The molecule has 0 amide bonds. The van der Waals surface area contributed by atoms with E-state index in [9.17, 15) is 0 Å². The molecule has 0 aromatic rings. The summed E-state index contributed by atoms with van der Waals surface area (Å²) in [6, 6.07) is 0.0877. The van der Waals surface area contributed by atoms with Crippen LogP contribution in [0.2, 0.25) is 0 Å². The summed E-state index contributed by atoms with van der Waals surface area (Å²) in [7, 11) is 0. The zero-order valence-corrected chi connectivity index (χ0v) is 9.61. The lowest BCUT2D eigenvalue weighted by atomic mass is 10.2. The van der Waals surface area contributed by atoms with E-state index in [1.807, 2.05) is 0 Å². The summed E-state index contributed by atoms with van der Waals surface area (Å²) >= 11 is 0. The van der Waals surface area contributed by atoms with Crippen molar-refractivity contribution in [3.8, 4) is 0 Å². The molecule has 0 bridgehead atoms. The summed E-state index contributed by atoms with van der Waals surface area (Å²) in [5.41, 5.74) is 0. The SMILES string of the molecule is OCC1CNCC(CO)NCCOCCN1. The van der Waals surface area contributed by atoms with Crippen molar-refractivity contribution in [1.29, 1.82) is 0 Å². The quantitative estimate of drug-likeness (QED) is 0.363. The van der Waals surface area contributed by atoms with Crippen molar-refractivity contribution >= 4 is 0 Å². The molecular formula is C10H23N3O3. The maximum atomic E-state index is 9.11. The van der Waals surface area contributed by atoms with Crippen LogP contribution in [0.5, 0.6) is 0 Å². The molecule has 96 valence electrons. The molecule has 6 nitrogen and oxygen atoms in total. The van der Waals surface area contributed by atoms with E-state index in [-0.39, 0.29) is 25.3 Å². The van der Waals surface area contributed by atoms with E-state index in [1.165, 1.54) is 0 Å². The number of nitrogens with one attached hydrogen (secondary N) is 3. The van der Waals surface area contributed by atoms with E-state index in [4.69, 9.17) is 14.9 Å². The van der Waals surface area contributed by atoms with Crippen molar-refractivity contribution < 1.29 is 14.9 Å². The van der Waals surface area contributed by atoms with Gasteiger partial charge < -0.3 is 30.9 Å². The Morgan fingerprint density at radius 3 is 1.88 bits per heavy atom. The summed E-state index contributed by atoms with van der Waals surface area (Å²) < 4.78 is 5.38. The predicted molar refractivity (Wildman–Crippen MR) is 61.4 cm³/mol. The van der Waals surface area contributed by atoms with Crippen LogP contribution >= 0.6 is 0 Å². The smallest absolute Gasteiger partial charge is 0.0597 e.